The zero-order valence-electron chi connectivity index (χ0n) is 19.8. The van der Waals surface area contributed by atoms with Crippen molar-refractivity contribution in [2.75, 3.05) is 19.0 Å². The van der Waals surface area contributed by atoms with Crippen LogP contribution in [0.5, 0.6) is 5.75 Å². The Hall–Kier alpha value is -4.04. The maximum Gasteiger partial charge on any atom is 0.242 e. The number of ether oxygens (including phenoxy) is 1. The molecular weight excluding hydrogens is 472 g/mol. The van der Waals surface area contributed by atoms with E-state index in [4.69, 9.17) is 9.73 Å². The Labute approximate surface area is 213 Å². The number of amides is 2. The highest BCUT2D eigenvalue weighted by atomic mass is 32.2. The Kier molecular flexibility index (Phi) is 7.04. The van der Waals surface area contributed by atoms with Gasteiger partial charge >= 0.3 is 0 Å². The number of fused-ring (bicyclic) bond motifs is 1. The summed E-state index contributed by atoms with van der Waals surface area (Å²) in [5, 5.41) is 4.02. The van der Waals surface area contributed by atoms with Crippen molar-refractivity contribution in [1.29, 1.82) is 0 Å². The first-order valence-electron chi connectivity index (χ1n) is 11.7. The van der Waals surface area contributed by atoms with Crippen LogP contribution < -0.4 is 10.1 Å². The van der Waals surface area contributed by atoms with Gasteiger partial charge in [-0.15, -0.1) is 0 Å². The van der Waals surface area contributed by atoms with Crippen molar-refractivity contribution in [1.82, 2.24) is 9.88 Å². The number of hydrogen-bond acceptors (Lipinski definition) is 5. The fourth-order valence-electron chi connectivity index (χ4n) is 4.17. The van der Waals surface area contributed by atoms with Crippen molar-refractivity contribution >= 4 is 51.0 Å². The van der Waals surface area contributed by atoms with Crippen LogP contribution in [0.2, 0.25) is 0 Å². The van der Waals surface area contributed by atoms with Crippen LogP contribution in [0.25, 0.3) is 10.9 Å². The number of rotatable bonds is 8. The summed E-state index contributed by atoms with van der Waals surface area (Å²) < 4.78 is 5.38. The fourth-order valence-corrected chi connectivity index (χ4v) is 5.35. The predicted molar refractivity (Wildman–Crippen MR) is 145 cm³/mol. The largest absolute Gasteiger partial charge is 0.497 e. The number of hydrogen-bond donors (Lipinski definition) is 2. The Bertz CT molecular complexity index is 1400. The lowest BCUT2D eigenvalue weighted by Gasteiger charge is -2.16. The zero-order valence-corrected chi connectivity index (χ0v) is 20.6. The number of methoxy groups -OCH3 is 1. The Morgan fingerprint density at radius 2 is 1.83 bits per heavy atom. The summed E-state index contributed by atoms with van der Waals surface area (Å²) in [7, 11) is 1.65. The highest BCUT2D eigenvalue weighted by Gasteiger charge is 2.39. The van der Waals surface area contributed by atoms with Gasteiger partial charge in [0.15, 0.2) is 5.17 Å². The van der Waals surface area contributed by atoms with Crippen molar-refractivity contribution in [3.63, 3.8) is 0 Å². The van der Waals surface area contributed by atoms with Crippen molar-refractivity contribution in [2.24, 2.45) is 4.99 Å². The van der Waals surface area contributed by atoms with Crippen LogP contribution in [-0.2, 0) is 16.0 Å². The quantitative estimate of drug-likeness (QED) is 0.342. The third-order valence-electron chi connectivity index (χ3n) is 6.01. The van der Waals surface area contributed by atoms with Gasteiger partial charge in [-0.3, -0.25) is 14.5 Å². The highest BCUT2D eigenvalue weighted by Crippen LogP contribution is 2.33. The van der Waals surface area contributed by atoms with E-state index in [1.165, 1.54) is 11.8 Å². The average Bonchev–Trinajstić information content (AvgIpc) is 3.43. The molecule has 1 saturated heterocycles. The number of para-hydroxylation sites is 2. The average molecular weight is 499 g/mol. The van der Waals surface area contributed by atoms with Crippen LogP contribution in [0.4, 0.5) is 11.4 Å². The molecule has 0 radical (unpaired) electrons. The third-order valence-corrected chi connectivity index (χ3v) is 7.18. The molecule has 2 amide bonds. The molecule has 1 unspecified atom stereocenters. The van der Waals surface area contributed by atoms with Gasteiger partial charge in [0.05, 0.1) is 12.8 Å². The number of carbonyl (C=O) groups is 2. The van der Waals surface area contributed by atoms with Gasteiger partial charge in [0.1, 0.15) is 11.0 Å². The molecule has 0 bridgehead atoms. The van der Waals surface area contributed by atoms with Gasteiger partial charge in [0.25, 0.3) is 0 Å². The number of aromatic amines is 1. The number of carbonyl (C=O) groups excluding carboxylic acids is 2. The van der Waals surface area contributed by atoms with Crippen molar-refractivity contribution in [3.8, 4) is 5.75 Å². The number of nitrogens with one attached hydrogen (secondary N) is 2. The molecule has 2 N–H and O–H groups in total. The van der Waals surface area contributed by atoms with Crippen LogP contribution in [0.15, 0.2) is 90.1 Å². The third kappa shape index (κ3) is 5.28. The summed E-state index contributed by atoms with van der Waals surface area (Å²) in [5.41, 5.74) is 3.58. The molecule has 0 aliphatic carbocycles. The second-order valence-corrected chi connectivity index (χ2v) is 9.59. The van der Waals surface area contributed by atoms with Crippen molar-refractivity contribution < 1.29 is 14.3 Å². The molecule has 4 aromatic rings. The second kappa shape index (κ2) is 10.7. The smallest absolute Gasteiger partial charge is 0.242 e. The number of anilines is 1. The lowest BCUT2D eigenvalue weighted by atomic mass is 10.1. The van der Waals surface area contributed by atoms with Crippen LogP contribution in [0, 0.1) is 0 Å². The summed E-state index contributed by atoms with van der Waals surface area (Å²) >= 11 is 1.35. The number of nitrogens with zero attached hydrogens (tertiary/aromatic N) is 2. The van der Waals surface area contributed by atoms with Gasteiger partial charge in [-0.25, -0.2) is 4.99 Å². The first kappa shape index (κ1) is 23.7. The summed E-state index contributed by atoms with van der Waals surface area (Å²) in [6.45, 7) is 0.457. The molecule has 5 rings (SSSR count). The minimum absolute atomic E-state index is 0.0764. The number of amidine groups is 1. The molecule has 8 heteroatoms. The monoisotopic (exact) mass is 498 g/mol. The summed E-state index contributed by atoms with van der Waals surface area (Å²) in [6.07, 6.45) is 2.68. The SMILES string of the molecule is COc1ccc2[nH]cc(CCN3C(=O)C(CC(=O)Nc4ccccc4)SC3=Nc3ccccc3)c2c1. The van der Waals surface area contributed by atoms with E-state index in [9.17, 15) is 9.59 Å². The zero-order chi connectivity index (χ0) is 24.9. The molecule has 182 valence electrons. The highest BCUT2D eigenvalue weighted by molar-refractivity contribution is 8.15. The minimum atomic E-state index is -0.528. The molecule has 1 aromatic heterocycles. The predicted octanol–water partition coefficient (Wildman–Crippen LogP) is 5.38. The van der Waals surface area contributed by atoms with Crippen molar-refractivity contribution in [3.05, 3.63) is 90.6 Å². The normalized spacial score (nSPS) is 16.6. The van der Waals surface area contributed by atoms with Crippen LogP contribution in [0.1, 0.15) is 12.0 Å². The Balaban J connectivity index is 1.35. The Morgan fingerprint density at radius 3 is 2.58 bits per heavy atom. The number of aromatic nitrogens is 1. The van der Waals surface area contributed by atoms with E-state index in [0.29, 0.717) is 23.8 Å². The van der Waals surface area contributed by atoms with Crippen LogP contribution in [-0.4, -0.2) is 45.8 Å². The van der Waals surface area contributed by atoms with E-state index in [-0.39, 0.29) is 18.2 Å². The van der Waals surface area contributed by atoms with E-state index in [2.05, 4.69) is 10.3 Å². The van der Waals surface area contributed by atoms with E-state index in [1.807, 2.05) is 85.1 Å². The van der Waals surface area contributed by atoms with Crippen LogP contribution >= 0.6 is 11.8 Å². The number of aliphatic imine (C=N–C) groups is 1. The minimum Gasteiger partial charge on any atom is -0.497 e. The lowest BCUT2D eigenvalue weighted by Crippen LogP contribution is -2.35. The summed E-state index contributed by atoms with van der Waals surface area (Å²) in [4.78, 5) is 35.9. The lowest BCUT2D eigenvalue weighted by molar-refractivity contribution is -0.128. The first-order valence-corrected chi connectivity index (χ1v) is 12.6. The molecule has 0 saturated carbocycles. The molecule has 0 spiro atoms. The second-order valence-electron chi connectivity index (χ2n) is 8.42. The van der Waals surface area contributed by atoms with Gasteiger partial charge in [-0.1, -0.05) is 48.2 Å². The maximum absolute atomic E-state index is 13.4. The molecule has 1 atom stereocenters. The number of H-pyrrole nitrogens is 1. The van der Waals surface area contributed by atoms with Crippen LogP contribution in [0.3, 0.4) is 0 Å². The number of thioether (sulfide) groups is 1. The first-order chi connectivity index (χ1) is 17.6. The topological polar surface area (TPSA) is 86.8 Å². The van der Waals surface area contributed by atoms with E-state index in [1.54, 1.807) is 12.0 Å². The Morgan fingerprint density at radius 1 is 1.08 bits per heavy atom. The van der Waals surface area contributed by atoms with Gasteiger partial charge in [0, 0.05) is 35.8 Å². The van der Waals surface area contributed by atoms with E-state index >= 15 is 0 Å². The molecule has 1 aliphatic heterocycles. The summed E-state index contributed by atoms with van der Waals surface area (Å²) in [5.74, 6) is 0.485. The molecular formula is C28H26N4O3S. The van der Waals surface area contributed by atoms with Gasteiger partial charge in [-0.2, -0.15) is 0 Å². The fraction of sp³-hybridized carbons (Fsp3) is 0.179. The standard InChI is InChI=1S/C28H26N4O3S/c1-35-22-12-13-24-23(16-22)19(18-29-24)14-15-32-27(34)25(17-26(33)30-20-8-4-2-5-9-20)36-28(32)31-21-10-6-3-7-11-21/h2-13,16,18,25,29H,14-15,17H2,1H3,(H,30,33). The summed E-state index contributed by atoms with van der Waals surface area (Å²) in [6, 6.07) is 24.7. The number of benzene rings is 3. The molecule has 7 nitrogen and oxygen atoms in total. The van der Waals surface area contributed by atoms with Gasteiger partial charge < -0.3 is 15.0 Å². The van der Waals surface area contributed by atoms with Crippen molar-refractivity contribution in [2.45, 2.75) is 18.1 Å². The van der Waals surface area contributed by atoms with Gasteiger partial charge in [-0.05, 0) is 54.4 Å². The molecule has 1 aliphatic rings. The van der Waals surface area contributed by atoms with Gasteiger partial charge in [0.2, 0.25) is 11.8 Å². The van der Waals surface area contributed by atoms with E-state index < -0.39 is 5.25 Å². The molecule has 36 heavy (non-hydrogen) atoms. The molecule has 3 aromatic carbocycles. The molecule has 2 heterocycles. The maximum atomic E-state index is 13.4. The molecule has 1 fully saturated rings. The van der Waals surface area contributed by atoms with E-state index in [0.717, 1.165) is 27.9 Å².